The summed E-state index contributed by atoms with van der Waals surface area (Å²) >= 11 is 0. The van der Waals surface area contributed by atoms with Crippen LogP contribution < -0.4 is 5.32 Å². The van der Waals surface area contributed by atoms with Crippen molar-refractivity contribution in [3.05, 3.63) is 48.2 Å². The summed E-state index contributed by atoms with van der Waals surface area (Å²) in [7, 11) is 0. The van der Waals surface area contributed by atoms with Gasteiger partial charge in [0.2, 0.25) is 0 Å². The first-order chi connectivity index (χ1) is 12.2. The first kappa shape index (κ1) is 17.8. The first-order valence-electron chi connectivity index (χ1n) is 8.44. The number of ether oxygens (including phenoxy) is 1. The number of aromatic nitrogens is 1. The molecule has 0 bridgehead atoms. The van der Waals surface area contributed by atoms with E-state index in [1.807, 2.05) is 36.4 Å². The summed E-state index contributed by atoms with van der Waals surface area (Å²) in [4.78, 5) is 26.7. The van der Waals surface area contributed by atoms with Gasteiger partial charge in [0.1, 0.15) is 11.6 Å². The molecule has 2 aromatic carbocycles. The van der Waals surface area contributed by atoms with Gasteiger partial charge in [0.05, 0.1) is 0 Å². The van der Waals surface area contributed by atoms with E-state index in [0.29, 0.717) is 0 Å². The van der Waals surface area contributed by atoms with Crippen molar-refractivity contribution in [2.45, 2.75) is 38.8 Å². The Balaban J connectivity index is 1.86. The largest absolute Gasteiger partial charge is 0.480 e. The lowest BCUT2D eigenvalue weighted by Crippen LogP contribution is -2.44. The zero-order valence-electron chi connectivity index (χ0n) is 15.0. The number of carboxylic acid groups (broad SMARTS) is 1. The average Bonchev–Trinajstić information content (AvgIpc) is 2.92. The number of rotatable bonds is 4. The van der Waals surface area contributed by atoms with Crippen molar-refractivity contribution in [2.75, 3.05) is 0 Å². The number of aromatic amines is 1. The second-order valence-electron chi connectivity index (χ2n) is 7.30. The van der Waals surface area contributed by atoms with Crippen LogP contribution in [-0.4, -0.2) is 33.8 Å². The predicted molar refractivity (Wildman–Crippen MR) is 100 cm³/mol. The van der Waals surface area contributed by atoms with Gasteiger partial charge >= 0.3 is 12.1 Å². The molecule has 1 heterocycles. The molecule has 0 aliphatic rings. The third-order valence-electron chi connectivity index (χ3n) is 4.05. The Bertz CT molecular complexity index is 969. The van der Waals surface area contributed by atoms with Crippen molar-refractivity contribution >= 4 is 33.7 Å². The minimum absolute atomic E-state index is 0.160. The number of fused-ring (bicyclic) bond motifs is 2. The summed E-state index contributed by atoms with van der Waals surface area (Å²) in [6.07, 6.45) is 1.21. The fourth-order valence-electron chi connectivity index (χ4n) is 2.91. The van der Waals surface area contributed by atoms with E-state index in [1.165, 1.54) is 0 Å². The van der Waals surface area contributed by atoms with Crippen LogP contribution >= 0.6 is 0 Å². The monoisotopic (exact) mass is 354 g/mol. The topological polar surface area (TPSA) is 91.4 Å². The highest BCUT2D eigenvalue weighted by Crippen LogP contribution is 2.26. The SMILES string of the molecule is CC(C)(C)OC(=O)NC(Cc1c[nH]c2cc3ccccc3cc12)C(=O)O. The molecular weight excluding hydrogens is 332 g/mol. The van der Waals surface area contributed by atoms with Crippen molar-refractivity contribution in [2.24, 2.45) is 0 Å². The van der Waals surface area contributed by atoms with Crippen LogP contribution in [0.25, 0.3) is 21.7 Å². The smallest absolute Gasteiger partial charge is 0.408 e. The molecule has 3 aromatic rings. The summed E-state index contributed by atoms with van der Waals surface area (Å²) in [6, 6.07) is 11.0. The average molecular weight is 354 g/mol. The van der Waals surface area contributed by atoms with Crippen molar-refractivity contribution in [1.82, 2.24) is 10.3 Å². The van der Waals surface area contributed by atoms with Crippen molar-refractivity contribution in [3.63, 3.8) is 0 Å². The van der Waals surface area contributed by atoms with Crippen LogP contribution in [0.3, 0.4) is 0 Å². The number of carboxylic acids is 1. The van der Waals surface area contributed by atoms with Crippen LogP contribution in [0.2, 0.25) is 0 Å². The lowest BCUT2D eigenvalue weighted by molar-refractivity contribution is -0.139. The number of carbonyl (C=O) groups is 2. The summed E-state index contributed by atoms with van der Waals surface area (Å²) < 4.78 is 5.16. The van der Waals surface area contributed by atoms with E-state index in [-0.39, 0.29) is 6.42 Å². The van der Waals surface area contributed by atoms with Crippen molar-refractivity contribution in [3.8, 4) is 0 Å². The van der Waals surface area contributed by atoms with Gasteiger partial charge < -0.3 is 20.1 Å². The predicted octanol–water partition coefficient (Wildman–Crippen LogP) is 3.84. The number of hydrogen-bond acceptors (Lipinski definition) is 3. The maximum Gasteiger partial charge on any atom is 0.408 e. The lowest BCUT2D eigenvalue weighted by atomic mass is 10.0. The Morgan fingerprint density at radius 1 is 1.19 bits per heavy atom. The molecule has 0 spiro atoms. The van der Waals surface area contributed by atoms with Gasteiger partial charge in [0.25, 0.3) is 0 Å². The maximum absolute atomic E-state index is 11.9. The van der Waals surface area contributed by atoms with Crippen LogP contribution in [0.1, 0.15) is 26.3 Å². The van der Waals surface area contributed by atoms with E-state index < -0.39 is 23.7 Å². The molecule has 6 nitrogen and oxygen atoms in total. The Labute approximate surface area is 151 Å². The molecule has 0 aliphatic carbocycles. The molecule has 1 amide bonds. The van der Waals surface area contributed by atoms with Gasteiger partial charge in [0, 0.05) is 23.5 Å². The van der Waals surface area contributed by atoms with E-state index in [1.54, 1.807) is 27.0 Å². The standard InChI is InChI=1S/C20H22N2O4/c1-20(2,3)26-19(25)22-17(18(23)24)10-14-11-21-16-9-13-7-5-4-6-12(13)8-15(14)16/h4-9,11,17,21H,10H2,1-3H3,(H,22,25)(H,23,24). The third-order valence-corrected chi connectivity index (χ3v) is 4.05. The molecule has 0 radical (unpaired) electrons. The fourth-order valence-corrected chi connectivity index (χ4v) is 2.91. The molecule has 26 heavy (non-hydrogen) atoms. The first-order valence-corrected chi connectivity index (χ1v) is 8.44. The normalized spacial score (nSPS) is 12.9. The summed E-state index contributed by atoms with van der Waals surface area (Å²) in [5.74, 6) is -1.11. The Morgan fingerprint density at radius 2 is 1.85 bits per heavy atom. The van der Waals surface area contributed by atoms with E-state index in [9.17, 15) is 14.7 Å². The van der Waals surface area contributed by atoms with Gasteiger partial charge in [-0.3, -0.25) is 0 Å². The van der Waals surface area contributed by atoms with Crippen molar-refractivity contribution in [1.29, 1.82) is 0 Å². The number of amides is 1. The van der Waals surface area contributed by atoms with Crippen LogP contribution in [0.5, 0.6) is 0 Å². The Morgan fingerprint density at radius 3 is 2.46 bits per heavy atom. The molecule has 1 atom stereocenters. The second-order valence-corrected chi connectivity index (χ2v) is 7.30. The molecule has 0 aliphatic heterocycles. The highest BCUT2D eigenvalue weighted by Gasteiger charge is 2.25. The number of aliphatic carboxylic acids is 1. The minimum Gasteiger partial charge on any atom is -0.480 e. The van der Waals surface area contributed by atoms with Gasteiger partial charge in [-0.25, -0.2) is 9.59 Å². The van der Waals surface area contributed by atoms with Crippen LogP contribution in [0.4, 0.5) is 4.79 Å². The summed E-state index contributed by atoms with van der Waals surface area (Å²) in [5.41, 5.74) is 1.07. The van der Waals surface area contributed by atoms with Crippen molar-refractivity contribution < 1.29 is 19.4 Å². The molecule has 1 aromatic heterocycles. The van der Waals surface area contributed by atoms with E-state index in [2.05, 4.69) is 10.3 Å². The Kier molecular flexibility index (Phi) is 4.59. The highest BCUT2D eigenvalue weighted by molar-refractivity contribution is 5.98. The summed E-state index contributed by atoms with van der Waals surface area (Å²) in [6.45, 7) is 5.19. The zero-order chi connectivity index (χ0) is 18.9. The fraction of sp³-hybridized carbons (Fsp3) is 0.300. The van der Waals surface area contributed by atoms with Gasteiger partial charge in [-0.05, 0) is 49.2 Å². The minimum atomic E-state index is -1.11. The maximum atomic E-state index is 11.9. The number of nitrogens with one attached hydrogen (secondary N) is 2. The molecular formula is C20H22N2O4. The molecule has 0 saturated carbocycles. The van der Waals surface area contributed by atoms with Crippen LogP contribution in [0.15, 0.2) is 42.6 Å². The molecule has 1 unspecified atom stereocenters. The quantitative estimate of drug-likeness (QED) is 0.664. The number of alkyl carbamates (subject to hydrolysis) is 1. The van der Waals surface area contributed by atoms with Gasteiger partial charge in [-0.1, -0.05) is 24.3 Å². The number of hydrogen-bond donors (Lipinski definition) is 3. The summed E-state index contributed by atoms with van der Waals surface area (Å²) in [5, 5.41) is 15.0. The third kappa shape index (κ3) is 3.96. The lowest BCUT2D eigenvalue weighted by Gasteiger charge is -2.22. The molecule has 3 N–H and O–H groups in total. The highest BCUT2D eigenvalue weighted by atomic mass is 16.6. The molecule has 6 heteroatoms. The van der Waals surface area contributed by atoms with E-state index in [4.69, 9.17) is 4.74 Å². The number of benzene rings is 2. The zero-order valence-corrected chi connectivity index (χ0v) is 15.0. The van der Waals surface area contributed by atoms with Crippen LogP contribution in [-0.2, 0) is 16.0 Å². The molecule has 0 fully saturated rings. The van der Waals surface area contributed by atoms with Crippen LogP contribution in [0, 0.1) is 0 Å². The second kappa shape index (κ2) is 6.71. The number of carbonyl (C=O) groups excluding carboxylic acids is 1. The number of H-pyrrole nitrogens is 1. The molecule has 0 saturated heterocycles. The van der Waals surface area contributed by atoms with Gasteiger partial charge in [0.15, 0.2) is 0 Å². The molecule has 3 rings (SSSR count). The molecule has 136 valence electrons. The Hall–Kier alpha value is -3.02. The van der Waals surface area contributed by atoms with E-state index >= 15 is 0 Å². The van der Waals surface area contributed by atoms with Gasteiger partial charge in [-0.2, -0.15) is 0 Å². The van der Waals surface area contributed by atoms with Gasteiger partial charge in [-0.15, -0.1) is 0 Å². The van der Waals surface area contributed by atoms with E-state index in [0.717, 1.165) is 27.2 Å².